The molecule has 0 aliphatic carbocycles. The van der Waals surface area contributed by atoms with E-state index in [0.717, 1.165) is 0 Å². The van der Waals surface area contributed by atoms with Gasteiger partial charge in [0.1, 0.15) is 39.3 Å². The standard InChI is InChI=1S/C6H16B2N2/c7-9-1-2-10(8,5-3-9)6-4-9/h1-8H2/q+2. The summed E-state index contributed by atoms with van der Waals surface area (Å²) >= 11 is 0. The number of piperazine rings is 3. The summed E-state index contributed by atoms with van der Waals surface area (Å²) in [6.07, 6.45) is 0. The second-order valence-corrected chi connectivity index (χ2v) is 4.58. The zero-order chi connectivity index (χ0) is 7.24. The van der Waals surface area contributed by atoms with E-state index in [1.54, 1.807) is 0 Å². The smallest absolute Gasteiger partial charge is 0.373 e. The molecule has 3 aliphatic heterocycles. The van der Waals surface area contributed by atoms with Crippen molar-refractivity contribution in [1.82, 2.24) is 0 Å². The summed E-state index contributed by atoms with van der Waals surface area (Å²) in [6.45, 7) is 8.48. The molecular formula is C6H16B2N2+2. The van der Waals surface area contributed by atoms with Crippen molar-refractivity contribution in [1.29, 1.82) is 0 Å². The molecular weight excluding hydrogens is 122 g/mol. The summed E-state index contributed by atoms with van der Waals surface area (Å²) in [7, 11) is 4.81. The number of rotatable bonds is 0. The summed E-state index contributed by atoms with van der Waals surface area (Å²) in [5.74, 6) is 0. The summed E-state index contributed by atoms with van der Waals surface area (Å²) in [5, 5.41) is 0. The van der Waals surface area contributed by atoms with E-state index in [0.29, 0.717) is 0 Å². The summed E-state index contributed by atoms with van der Waals surface area (Å²) < 4.78 is 2.71. The van der Waals surface area contributed by atoms with Crippen LogP contribution in [0.5, 0.6) is 0 Å². The molecule has 0 saturated carbocycles. The molecule has 0 aromatic heterocycles. The lowest BCUT2D eigenvalue weighted by atomic mass is 9.96. The van der Waals surface area contributed by atoms with E-state index in [1.807, 2.05) is 0 Å². The van der Waals surface area contributed by atoms with Gasteiger partial charge in [0.15, 0.2) is 0 Å². The predicted molar refractivity (Wildman–Crippen MR) is 46.8 cm³/mol. The van der Waals surface area contributed by atoms with Crippen molar-refractivity contribution in [3.8, 4) is 0 Å². The van der Waals surface area contributed by atoms with Crippen LogP contribution in [0.4, 0.5) is 0 Å². The highest BCUT2D eigenvalue weighted by molar-refractivity contribution is 5.99. The number of hydrogen-bond donors (Lipinski definition) is 0. The van der Waals surface area contributed by atoms with Gasteiger partial charge in [-0.3, -0.25) is 0 Å². The van der Waals surface area contributed by atoms with Crippen molar-refractivity contribution in [2.45, 2.75) is 0 Å². The molecule has 2 nitrogen and oxygen atoms in total. The molecule has 0 amide bonds. The second-order valence-electron chi connectivity index (χ2n) is 4.58. The SMILES string of the molecule is B[N+]12CC[N+](B)(CC1)CC2. The lowest BCUT2D eigenvalue weighted by Gasteiger charge is -2.54. The molecule has 3 rings (SSSR count). The fourth-order valence-corrected chi connectivity index (χ4v) is 2.12. The van der Waals surface area contributed by atoms with Crippen LogP contribution < -0.4 is 0 Å². The van der Waals surface area contributed by atoms with Gasteiger partial charge in [0.05, 0.1) is 0 Å². The third kappa shape index (κ3) is 0.903. The summed E-state index contributed by atoms with van der Waals surface area (Å²) in [4.78, 5) is 0. The molecule has 4 heteroatoms. The van der Waals surface area contributed by atoms with E-state index in [4.69, 9.17) is 0 Å². The topological polar surface area (TPSA) is 0 Å². The molecule has 0 radical (unpaired) electrons. The largest absolute Gasteiger partial charge is 0.386 e. The van der Waals surface area contributed by atoms with Crippen molar-refractivity contribution in [3.05, 3.63) is 0 Å². The van der Waals surface area contributed by atoms with Gasteiger partial charge in [-0.2, -0.15) is 0 Å². The highest BCUT2D eigenvalue weighted by Gasteiger charge is 2.42. The predicted octanol–water partition coefficient (Wildman–Crippen LogP) is -2.26. The quantitative estimate of drug-likeness (QED) is 0.331. The zero-order valence-corrected chi connectivity index (χ0v) is 7.14. The van der Waals surface area contributed by atoms with Crippen molar-refractivity contribution in [3.63, 3.8) is 0 Å². The van der Waals surface area contributed by atoms with Gasteiger partial charge in [-0.15, -0.1) is 0 Å². The Morgan fingerprint density at radius 3 is 1.00 bits per heavy atom. The van der Waals surface area contributed by atoms with E-state index in [1.165, 1.54) is 48.1 Å². The Morgan fingerprint density at radius 1 is 0.600 bits per heavy atom. The average Bonchev–Trinajstić information content (AvgIpc) is 1.93. The molecule has 3 saturated heterocycles. The molecule has 10 heavy (non-hydrogen) atoms. The Bertz CT molecular complexity index is 117. The number of nitrogens with zero attached hydrogens (tertiary/aromatic N) is 2. The van der Waals surface area contributed by atoms with Crippen molar-refractivity contribution in [2.24, 2.45) is 0 Å². The normalized spacial score (nSPS) is 53.2. The van der Waals surface area contributed by atoms with Crippen LogP contribution in [0.2, 0.25) is 0 Å². The molecule has 0 unspecified atom stereocenters. The maximum Gasteiger partial charge on any atom is 0.373 e. The number of quaternary nitrogens is 2. The Labute approximate surface area is 64.8 Å². The van der Waals surface area contributed by atoms with E-state index in [9.17, 15) is 0 Å². The molecule has 3 aliphatic rings. The maximum absolute atomic E-state index is 2.41. The first-order chi connectivity index (χ1) is 4.62. The number of hydrogen-bond acceptors (Lipinski definition) is 0. The van der Waals surface area contributed by atoms with Gasteiger partial charge in [0.25, 0.3) is 0 Å². The monoisotopic (exact) mass is 138 g/mol. The summed E-state index contributed by atoms with van der Waals surface area (Å²) in [5.41, 5.74) is 0. The van der Waals surface area contributed by atoms with Crippen LogP contribution in [0.25, 0.3) is 0 Å². The zero-order valence-electron chi connectivity index (χ0n) is 7.14. The first-order valence-electron chi connectivity index (χ1n) is 4.29. The van der Waals surface area contributed by atoms with Gasteiger partial charge in [-0.25, -0.2) is 0 Å². The van der Waals surface area contributed by atoms with E-state index in [-0.39, 0.29) is 0 Å². The molecule has 54 valence electrons. The van der Waals surface area contributed by atoms with Gasteiger partial charge in [-0.05, 0) is 0 Å². The van der Waals surface area contributed by atoms with Crippen molar-refractivity contribution in [2.75, 3.05) is 39.3 Å². The first kappa shape index (κ1) is 6.74. The molecule has 0 aromatic rings. The fourth-order valence-electron chi connectivity index (χ4n) is 2.12. The van der Waals surface area contributed by atoms with Gasteiger partial charge >= 0.3 is 16.0 Å². The van der Waals surface area contributed by atoms with Crippen LogP contribution in [0.3, 0.4) is 0 Å². The van der Waals surface area contributed by atoms with Crippen LogP contribution in [0, 0.1) is 0 Å². The highest BCUT2D eigenvalue weighted by Crippen LogP contribution is 2.20. The third-order valence-corrected chi connectivity index (χ3v) is 3.54. The van der Waals surface area contributed by atoms with Gasteiger partial charge < -0.3 is 8.79 Å². The minimum Gasteiger partial charge on any atom is -0.386 e. The number of fused-ring (bicyclic) bond motifs is 3. The second kappa shape index (κ2) is 1.80. The van der Waals surface area contributed by atoms with Crippen molar-refractivity contribution >= 4 is 16.0 Å². The van der Waals surface area contributed by atoms with Gasteiger partial charge in [0.2, 0.25) is 0 Å². The van der Waals surface area contributed by atoms with Crippen LogP contribution in [-0.2, 0) is 0 Å². The summed E-state index contributed by atoms with van der Waals surface area (Å²) in [6, 6.07) is 0. The molecule has 0 atom stereocenters. The first-order valence-corrected chi connectivity index (χ1v) is 4.29. The Morgan fingerprint density at radius 2 is 0.800 bits per heavy atom. The van der Waals surface area contributed by atoms with E-state index in [2.05, 4.69) is 16.0 Å². The Kier molecular flexibility index (Phi) is 1.21. The Hall–Kier alpha value is 0.0499. The van der Waals surface area contributed by atoms with Crippen LogP contribution in [0.1, 0.15) is 0 Å². The Balaban J connectivity index is 2.16. The lowest BCUT2D eigenvalue weighted by Crippen LogP contribution is -2.73. The molecule has 2 bridgehead atoms. The van der Waals surface area contributed by atoms with Gasteiger partial charge in [0, 0.05) is 0 Å². The minimum absolute atomic E-state index is 1.36. The fraction of sp³-hybridized carbons (Fsp3) is 1.00. The van der Waals surface area contributed by atoms with E-state index < -0.39 is 0 Å². The average molecular weight is 138 g/mol. The molecule has 3 heterocycles. The molecule has 3 fully saturated rings. The lowest BCUT2D eigenvalue weighted by molar-refractivity contribution is -0.983. The third-order valence-electron chi connectivity index (χ3n) is 3.54. The van der Waals surface area contributed by atoms with E-state index >= 15 is 0 Å². The van der Waals surface area contributed by atoms with Crippen LogP contribution >= 0.6 is 0 Å². The highest BCUT2D eigenvalue weighted by atomic mass is 15.5. The van der Waals surface area contributed by atoms with Crippen LogP contribution in [0.15, 0.2) is 0 Å². The molecule has 0 spiro atoms. The van der Waals surface area contributed by atoms with Crippen molar-refractivity contribution < 1.29 is 8.79 Å². The maximum atomic E-state index is 2.41. The van der Waals surface area contributed by atoms with Gasteiger partial charge in [-0.1, -0.05) is 0 Å². The molecule has 0 aromatic carbocycles. The van der Waals surface area contributed by atoms with Crippen LogP contribution in [-0.4, -0.2) is 64.0 Å². The minimum atomic E-state index is 1.36. The molecule has 0 N–H and O–H groups in total.